The number of aliphatic hydroxyl groups excluding tert-OH is 2. The van der Waals surface area contributed by atoms with Gasteiger partial charge in [0, 0.05) is 36.2 Å². The van der Waals surface area contributed by atoms with Gasteiger partial charge in [0.2, 0.25) is 0 Å². The highest BCUT2D eigenvalue weighted by Gasteiger charge is 2.70. The fraction of sp³-hybridized carbons (Fsp3) is 0.786. The first-order valence-corrected chi connectivity index (χ1v) is 13.1. The van der Waals surface area contributed by atoms with E-state index in [0.29, 0.717) is 29.9 Å². The fourth-order valence-corrected chi connectivity index (χ4v) is 9.19. The molecule has 4 aliphatic rings. The smallest absolute Gasteiger partial charge is 0.342 e. The van der Waals surface area contributed by atoms with Crippen molar-refractivity contribution in [2.75, 3.05) is 6.61 Å². The van der Waals surface area contributed by atoms with Gasteiger partial charge in [-0.3, -0.25) is 4.79 Å². The Morgan fingerprint density at radius 1 is 1.14 bits per heavy atom. The number of carbonyl (C=O) groups is 1. The van der Waals surface area contributed by atoms with Gasteiger partial charge in [-0.25, -0.2) is 4.79 Å². The highest BCUT2D eigenvalue weighted by atomic mass is 16.5. The highest BCUT2D eigenvalue weighted by Crippen LogP contribution is 2.70. The van der Waals surface area contributed by atoms with Gasteiger partial charge in [-0.2, -0.15) is 0 Å². The quantitative estimate of drug-likeness (QED) is 0.610. The molecule has 7 nitrogen and oxygen atoms in total. The highest BCUT2D eigenvalue weighted by molar-refractivity contribution is 5.66. The topological polar surface area (TPSA) is 106 Å². The van der Waals surface area contributed by atoms with E-state index in [9.17, 15) is 19.8 Å². The molecule has 5 rings (SSSR count). The van der Waals surface area contributed by atoms with Crippen LogP contribution in [-0.4, -0.2) is 40.6 Å². The van der Waals surface area contributed by atoms with Crippen molar-refractivity contribution in [3.8, 4) is 5.75 Å². The van der Waals surface area contributed by atoms with Crippen LogP contribution < -0.4 is 10.4 Å². The minimum atomic E-state index is -0.784. The molecule has 194 valence electrons. The zero-order chi connectivity index (χ0) is 25.6. The minimum absolute atomic E-state index is 0.0000420. The number of aryl methyl sites for hydroxylation is 1. The van der Waals surface area contributed by atoms with E-state index < -0.39 is 23.2 Å². The average molecular weight is 489 g/mol. The van der Waals surface area contributed by atoms with E-state index in [1.165, 1.54) is 6.92 Å². The summed E-state index contributed by atoms with van der Waals surface area (Å²) in [7, 11) is 0. The van der Waals surface area contributed by atoms with E-state index in [1.807, 2.05) is 6.07 Å². The summed E-state index contributed by atoms with van der Waals surface area (Å²) in [5, 5.41) is 22.7. The fourth-order valence-electron chi connectivity index (χ4n) is 9.19. The number of fused-ring (bicyclic) bond motifs is 6. The van der Waals surface area contributed by atoms with Crippen molar-refractivity contribution in [3.63, 3.8) is 0 Å². The van der Waals surface area contributed by atoms with Crippen molar-refractivity contribution < 1.29 is 28.9 Å². The first-order chi connectivity index (χ1) is 16.3. The zero-order valence-corrected chi connectivity index (χ0v) is 21.8. The first-order valence-electron chi connectivity index (χ1n) is 13.1. The van der Waals surface area contributed by atoms with Crippen molar-refractivity contribution in [2.45, 2.75) is 97.9 Å². The molecule has 2 N–H and O–H groups in total. The van der Waals surface area contributed by atoms with Gasteiger partial charge in [0.05, 0.1) is 18.3 Å². The van der Waals surface area contributed by atoms with Gasteiger partial charge >= 0.3 is 11.6 Å². The predicted molar refractivity (Wildman–Crippen MR) is 129 cm³/mol. The Hall–Kier alpha value is -1.86. The maximum atomic E-state index is 12.8. The maximum absolute atomic E-state index is 12.8. The molecule has 0 saturated heterocycles. The standard InChI is InChI=1S/C28H40O7/c1-15-11-18-17(24(32)33-15)12-21-26(5)9-7-19-25(3,4)23(34-16(2)30)13-22(31)28(19,14-29)20(26)8-10-27(21,6)35-18/h11,19-23,29,31H,7-10,12-14H2,1-6H3/t19-,20-,21-,22+,23-,26+,27-,28-/m0/s1. The molecule has 0 bridgehead atoms. The molecule has 2 heterocycles. The summed E-state index contributed by atoms with van der Waals surface area (Å²) in [4.78, 5) is 24.6. The van der Waals surface area contributed by atoms with E-state index in [-0.39, 0.29) is 46.8 Å². The second-order valence-corrected chi connectivity index (χ2v) is 12.8. The van der Waals surface area contributed by atoms with E-state index in [0.717, 1.165) is 25.7 Å². The Labute approximate surface area is 207 Å². The Morgan fingerprint density at radius 2 is 1.83 bits per heavy atom. The van der Waals surface area contributed by atoms with E-state index in [4.69, 9.17) is 13.9 Å². The van der Waals surface area contributed by atoms with Crippen LogP contribution in [0, 0.1) is 40.9 Å². The van der Waals surface area contributed by atoms with Gasteiger partial charge in [0.15, 0.2) is 0 Å². The Kier molecular flexibility index (Phi) is 5.54. The molecular formula is C28H40O7. The molecule has 0 unspecified atom stereocenters. The first kappa shape index (κ1) is 24.8. The third-order valence-corrected chi connectivity index (χ3v) is 10.8. The van der Waals surface area contributed by atoms with Crippen LogP contribution in [0.1, 0.15) is 78.0 Å². The lowest BCUT2D eigenvalue weighted by Crippen LogP contribution is -2.71. The Bertz CT molecular complexity index is 1090. The van der Waals surface area contributed by atoms with E-state index in [1.54, 1.807) is 6.92 Å². The molecular weight excluding hydrogens is 448 g/mol. The molecule has 3 saturated carbocycles. The third-order valence-electron chi connectivity index (χ3n) is 10.8. The molecule has 3 aliphatic carbocycles. The molecule has 0 aromatic carbocycles. The van der Waals surface area contributed by atoms with Crippen LogP contribution in [0.2, 0.25) is 0 Å². The van der Waals surface area contributed by atoms with Gasteiger partial charge in [-0.1, -0.05) is 20.8 Å². The number of hydrogen-bond acceptors (Lipinski definition) is 7. The van der Waals surface area contributed by atoms with E-state index >= 15 is 0 Å². The van der Waals surface area contributed by atoms with Gasteiger partial charge in [-0.05, 0) is 63.2 Å². The second-order valence-electron chi connectivity index (χ2n) is 12.8. The number of hydrogen-bond donors (Lipinski definition) is 2. The molecule has 1 aliphatic heterocycles. The summed E-state index contributed by atoms with van der Waals surface area (Å²) in [5.74, 6) is 0.941. The molecule has 0 radical (unpaired) electrons. The van der Waals surface area contributed by atoms with Gasteiger partial charge in [-0.15, -0.1) is 0 Å². The largest absolute Gasteiger partial charge is 0.487 e. The van der Waals surface area contributed by atoms with Crippen LogP contribution in [0.15, 0.2) is 15.3 Å². The zero-order valence-electron chi connectivity index (χ0n) is 21.8. The van der Waals surface area contributed by atoms with Crippen molar-refractivity contribution in [3.05, 3.63) is 27.8 Å². The summed E-state index contributed by atoms with van der Waals surface area (Å²) in [5.41, 5.74) is -1.50. The van der Waals surface area contributed by atoms with Crippen LogP contribution in [0.25, 0.3) is 0 Å². The van der Waals surface area contributed by atoms with Gasteiger partial charge in [0.25, 0.3) is 0 Å². The lowest BCUT2D eigenvalue weighted by Gasteiger charge is -2.70. The average Bonchev–Trinajstić information content (AvgIpc) is 2.74. The minimum Gasteiger partial charge on any atom is -0.487 e. The normalized spacial score (nSPS) is 43.6. The van der Waals surface area contributed by atoms with Crippen molar-refractivity contribution in [1.29, 1.82) is 0 Å². The molecule has 1 aromatic heterocycles. The summed E-state index contributed by atoms with van der Waals surface area (Å²) in [6.07, 6.45) is 3.01. The van der Waals surface area contributed by atoms with Gasteiger partial charge < -0.3 is 24.1 Å². The van der Waals surface area contributed by atoms with Crippen molar-refractivity contribution >= 4 is 5.97 Å². The number of rotatable bonds is 2. The Balaban J connectivity index is 1.58. The maximum Gasteiger partial charge on any atom is 0.342 e. The molecule has 0 amide bonds. The van der Waals surface area contributed by atoms with Crippen LogP contribution in [-0.2, 0) is 16.0 Å². The van der Waals surface area contributed by atoms with E-state index in [2.05, 4.69) is 27.7 Å². The summed E-state index contributed by atoms with van der Waals surface area (Å²) in [6.45, 7) is 11.7. The second kappa shape index (κ2) is 7.82. The third kappa shape index (κ3) is 3.29. The number of ether oxygens (including phenoxy) is 2. The predicted octanol–water partition coefficient (Wildman–Crippen LogP) is 3.79. The van der Waals surface area contributed by atoms with Crippen LogP contribution >= 0.6 is 0 Å². The molecule has 3 fully saturated rings. The molecule has 35 heavy (non-hydrogen) atoms. The molecule has 7 heteroatoms. The van der Waals surface area contributed by atoms with Crippen LogP contribution in [0.4, 0.5) is 0 Å². The molecule has 8 atom stereocenters. The Morgan fingerprint density at radius 3 is 2.49 bits per heavy atom. The SMILES string of the molecule is CC(=O)O[C@H]1C[C@@H](O)[C@@]2(CO)[C@@H](CC[C@]3(C)[C@@H]2CC[C@]2(C)Oc4cc(C)oc(=O)c4C[C@@H]32)C1(C)C. The summed E-state index contributed by atoms with van der Waals surface area (Å²) < 4.78 is 17.7. The molecule has 1 aromatic rings. The summed E-state index contributed by atoms with van der Waals surface area (Å²) in [6, 6.07) is 1.82. The monoisotopic (exact) mass is 488 g/mol. The van der Waals surface area contributed by atoms with Crippen molar-refractivity contribution in [1.82, 2.24) is 0 Å². The lowest BCUT2D eigenvalue weighted by atomic mass is 9.36. The summed E-state index contributed by atoms with van der Waals surface area (Å²) >= 11 is 0. The van der Waals surface area contributed by atoms with Gasteiger partial charge in [0.1, 0.15) is 23.2 Å². The number of esters is 1. The van der Waals surface area contributed by atoms with Crippen LogP contribution in [0.3, 0.4) is 0 Å². The molecule has 0 spiro atoms. The number of aliphatic hydroxyl groups is 2. The number of carbonyl (C=O) groups excluding carboxylic acids is 1. The lowest BCUT2D eigenvalue weighted by molar-refractivity contribution is -0.276. The van der Waals surface area contributed by atoms with Crippen molar-refractivity contribution in [2.24, 2.45) is 34.0 Å². The van der Waals surface area contributed by atoms with Crippen LogP contribution in [0.5, 0.6) is 5.75 Å².